The molecule has 2 aromatic rings. The number of H-pyrrole nitrogens is 1. The molecular formula is C18H21N3O3. The number of hydrogen-bond donors (Lipinski definition) is 2. The van der Waals surface area contributed by atoms with Crippen molar-refractivity contribution in [3.63, 3.8) is 0 Å². The van der Waals surface area contributed by atoms with Gasteiger partial charge in [0.25, 0.3) is 5.56 Å². The second-order valence-electron chi connectivity index (χ2n) is 6.86. The lowest BCUT2D eigenvalue weighted by Gasteiger charge is -2.27. The third kappa shape index (κ3) is 3.38. The Hall–Kier alpha value is -2.47. The molecule has 0 amide bonds. The van der Waals surface area contributed by atoms with E-state index in [4.69, 9.17) is 4.74 Å². The van der Waals surface area contributed by atoms with Crippen molar-refractivity contribution in [3.8, 4) is 11.4 Å². The second kappa shape index (κ2) is 6.20. The lowest BCUT2D eigenvalue weighted by molar-refractivity contribution is -0.156. The molecule has 6 nitrogen and oxygen atoms in total. The van der Waals surface area contributed by atoms with E-state index in [1.165, 1.54) is 0 Å². The molecule has 1 aliphatic heterocycles. The maximum Gasteiger partial charge on any atom is 0.315 e. The van der Waals surface area contributed by atoms with Crippen molar-refractivity contribution in [2.24, 2.45) is 0 Å². The fourth-order valence-corrected chi connectivity index (χ4v) is 2.77. The third-order valence-electron chi connectivity index (χ3n) is 3.76. The molecule has 1 atom stereocenters. The minimum Gasteiger partial charge on any atom is -0.459 e. The number of aromatic nitrogens is 2. The van der Waals surface area contributed by atoms with E-state index in [0.717, 1.165) is 5.56 Å². The minimum absolute atomic E-state index is 0.281. The first-order chi connectivity index (χ1) is 11.3. The summed E-state index contributed by atoms with van der Waals surface area (Å²) < 4.78 is 5.44. The first kappa shape index (κ1) is 16.4. The van der Waals surface area contributed by atoms with E-state index in [-0.39, 0.29) is 5.56 Å². The zero-order valence-corrected chi connectivity index (χ0v) is 14.1. The van der Waals surface area contributed by atoms with Gasteiger partial charge < -0.3 is 15.0 Å². The van der Waals surface area contributed by atoms with Crippen LogP contribution in [-0.4, -0.2) is 28.1 Å². The summed E-state index contributed by atoms with van der Waals surface area (Å²) in [6.07, 6.45) is 0. The first-order valence-electron chi connectivity index (χ1n) is 7.97. The number of benzene rings is 1. The highest BCUT2D eigenvalue weighted by molar-refractivity contribution is 5.79. The Kier molecular flexibility index (Phi) is 4.24. The Bertz CT molecular complexity index is 806. The van der Waals surface area contributed by atoms with Gasteiger partial charge >= 0.3 is 5.97 Å². The van der Waals surface area contributed by atoms with E-state index in [1.54, 1.807) is 0 Å². The van der Waals surface area contributed by atoms with Crippen LogP contribution >= 0.6 is 0 Å². The maximum absolute atomic E-state index is 12.6. The highest BCUT2D eigenvalue weighted by Gasteiger charge is 2.33. The van der Waals surface area contributed by atoms with E-state index in [2.05, 4.69) is 15.3 Å². The summed E-state index contributed by atoms with van der Waals surface area (Å²) >= 11 is 0. The summed E-state index contributed by atoms with van der Waals surface area (Å²) in [6.45, 7) is 6.25. The smallest absolute Gasteiger partial charge is 0.315 e. The van der Waals surface area contributed by atoms with Crippen molar-refractivity contribution in [2.45, 2.75) is 38.8 Å². The monoisotopic (exact) mass is 327 g/mol. The van der Waals surface area contributed by atoms with E-state index < -0.39 is 17.5 Å². The largest absolute Gasteiger partial charge is 0.459 e. The third-order valence-corrected chi connectivity index (χ3v) is 3.76. The topological polar surface area (TPSA) is 84.1 Å². The lowest BCUT2D eigenvalue weighted by Crippen LogP contribution is -2.41. The van der Waals surface area contributed by atoms with Gasteiger partial charge in [-0.2, -0.15) is 0 Å². The van der Waals surface area contributed by atoms with Crippen LogP contribution in [-0.2, 0) is 16.1 Å². The second-order valence-corrected chi connectivity index (χ2v) is 6.86. The number of carbonyl (C=O) groups excluding carboxylic acids is 1. The summed E-state index contributed by atoms with van der Waals surface area (Å²) in [5, 5.41) is 3.15. The number of fused-ring (bicyclic) bond motifs is 1. The van der Waals surface area contributed by atoms with Crippen LogP contribution in [0.4, 0.5) is 0 Å². The van der Waals surface area contributed by atoms with Crippen molar-refractivity contribution in [2.75, 3.05) is 6.54 Å². The predicted octanol–water partition coefficient (Wildman–Crippen LogP) is 1.97. The molecular weight excluding hydrogens is 306 g/mol. The molecule has 1 aromatic carbocycles. The molecule has 126 valence electrons. The molecule has 1 unspecified atom stereocenters. The molecule has 6 heteroatoms. The predicted molar refractivity (Wildman–Crippen MR) is 90.6 cm³/mol. The average molecular weight is 327 g/mol. The van der Waals surface area contributed by atoms with Gasteiger partial charge in [-0.15, -0.1) is 0 Å². The zero-order chi connectivity index (χ0) is 17.3. The first-order valence-corrected chi connectivity index (χ1v) is 7.97. The molecule has 1 aliphatic rings. The normalized spacial score (nSPS) is 17.2. The van der Waals surface area contributed by atoms with Crippen molar-refractivity contribution < 1.29 is 9.53 Å². The Balaban J connectivity index is 2.00. The molecule has 0 saturated heterocycles. The molecule has 0 saturated carbocycles. The van der Waals surface area contributed by atoms with Gasteiger partial charge in [0.15, 0.2) is 0 Å². The summed E-state index contributed by atoms with van der Waals surface area (Å²) in [5.41, 5.74) is 0.953. The van der Waals surface area contributed by atoms with Crippen LogP contribution in [0.1, 0.15) is 37.9 Å². The van der Waals surface area contributed by atoms with Gasteiger partial charge in [0.1, 0.15) is 17.3 Å². The highest BCUT2D eigenvalue weighted by Crippen LogP contribution is 2.24. The maximum atomic E-state index is 12.6. The Morgan fingerprint density at radius 3 is 2.62 bits per heavy atom. The zero-order valence-electron chi connectivity index (χ0n) is 14.1. The van der Waals surface area contributed by atoms with Crippen LogP contribution in [0.25, 0.3) is 11.4 Å². The van der Waals surface area contributed by atoms with Gasteiger partial charge in [0.2, 0.25) is 0 Å². The fourth-order valence-electron chi connectivity index (χ4n) is 2.77. The minimum atomic E-state index is -0.644. The van der Waals surface area contributed by atoms with Gasteiger partial charge in [-0.1, -0.05) is 30.3 Å². The van der Waals surface area contributed by atoms with Gasteiger partial charge in [-0.05, 0) is 20.8 Å². The SMILES string of the molecule is CC(C)(C)OC(=O)C1CNCc2nc(-c3ccccc3)[nH]c(=O)c21. The number of hydrogen-bond acceptors (Lipinski definition) is 5. The molecule has 2 heterocycles. The van der Waals surface area contributed by atoms with Crippen molar-refractivity contribution in [3.05, 3.63) is 51.9 Å². The van der Waals surface area contributed by atoms with E-state index in [0.29, 0.717) is 30.2 Å². The van der Waals surface area contributed by atoms with Crippen LogP contribution in [0.2, 0.25) is 0 Å². The van der Waals surface area contributed by atoms with Crippen molar-refractivity contribution in [1.29, 1.82) is 0 Å². The fraction of sp³-hybridized carbons (Fsp3) is 0.389. The van der Waals surface area contributed by atoms with E-state index in [1.807, 2.05) is 51.1 Å². The van der Waals surface area contributed by atoms with Crippen LogP contribution in [0.15, 0.2) is 35.1 Å². The highest BCUT2D eigenvalue weighted by atomic mass is 16.6. The number of ether oxygens (including phenoxy) is 1. The molecule has 0 aliphatic carbocycles. The van der Waals surface area contributed by atoms with Gasteiger partial charge in [-0.3, -0.25) is 9.59 Å². The number of nitrogens with one attached hydrogen (secondary N) is 2. The summed E-state index contributed by atoms with van der Waals surface area (Å²) in [4.78, 5) is 32.4. The number of rotatable bonds is 2. The molecule has 24 heavy (non-hydrogen) atoms. The molecule has 0 fully saturated rings. The van der Waals surface area contributed by atoms with Gasteiger partial charge in [0, 0.05) is 18.7 Å². The summed E-state index contributed by atoms with van der Waals surface area (Å²) in [7, 11) is 0. The standard InChI is InChI=1S/C18H21N3O3/c1-18(2,3)24-17(23)12-9-19-10-13-14(12)16(22)21-15(20-13)11-7-5-4-6-8-11/h4-8,12,19H,9-10H2,1-3H3,(H,20,21,22). The number of aromatic amines is 1. The Labute approximate surface area is 140 Å². The number of nitrogens with zero attached hydrogens (tertiary/aromatic N) is 1. The van der Waals surface area contributed by atoms with Crippen LogP contribution in [0.5, 0.6) is 0 Å². The summed E-state index contributed by atoms with van der Waals surface area (Å²) in [5.74, 6) is -0.546. The van der Waals surface area contributed by atoms with Crippen molar-refractivity contribution >= 4 is 5.97 Å². The van der Waals surface area contributed by atoms with E-state index in [9.17, 15) is 9.59 Å². The molecule has 1 aromatic heterocycles. The number of carbonyl (C=O) groups is 1. The molecule has 3 rings (SSSR count). The van der Waals surface area contributed by atoms with Crippen LogP contribution < -0.4 is 10.9 Å². The summed E-state index contributed by atoms with van der Waals surface area (Å²) in [6, 6.07) is 9.44. The molecule has 2 N–H and O–H groups in total. The Morgan fingerprint density at radius 1 is 1.25 bits per heavy atom. The van der Waals surface area contributed by atoms with Crippen LogP contribution in [0, 0.1) is 0 Å². The molecule has 0 spiro atoms. The van der Waals surface area contributed by atoms with Crippen LogP contribution in [0.3, 0.4) is 0 Å². The quantitative estimate of drug-likeness (QED) is 0.824. The lowest BCUT2D eigenvalue weighted by atomic mass is 9.94. The van der Waals surface area contributed by atoms with E-state index >= 15 is 0 Å². The Morgan fingerprint density at radius 2 is 1.96 bits per heavy atom. The average Bonchev–Trinajstić information content (AvgIpc) is 2.53. The van der Waals surface area contributed by atoms with Gasteiger partial charge in [0.05, 0.1) is 11.3 Å². The molecule has 0 bridgehead atoms. The number of esters is 1. The van der Waals surface area contributed by atoms with Gasteiger partial charge in [-0.25, -0.2) is 4.98 Å². The van der Waals surface area contributed by atoms with Crippen molar-refractivity contribution in [1.82, 2.24) is 15.3 Å². The molecule has 0 radical (unpaired) electrons.